The Kier molecular flexibility index (Phi) is 4.73. The zero-order valence-corrected chi connectivity index (χ0v) is 12.0. The van der Waals surface area contributed by atoms with Crippen molar-refractivity contribution in [3.8, 4) is 0 Å². The summed E-state index contributed by atoms with van der Waals surface area (Å²) in [4.78, 5) is 23.3. The lowest BCUT2D eigenvalue weighted by molar-refractivity contribution is -0.139. The van der Waals surface area contributed by atoms with E-state index in [0.29, 0.717) is 0 Å². The highest BCUT2D eigenvalue weighted by Gasteiger charge is 2.34. The van der Waals surface area contributed by atoms with Crippen LogP contribution < -0.4 is 10.6 Å². The lowest BCUT2D eigenvalue weighted by atomic mass is 9.87. The van der Waals surface area contributed by atoms with Crippen molar-refractivity contribution in [2.24, 2.45) is 11.8 Å². The summed E-state index contributed by atoms with van der Waals surface area (Å²) < 4.78 is 38.6. The van der Waals surface area contributed by atoms with Crippen molar-refractivity contribution in [3.63, 3.8) is 0 Å². The van der Waals surface area contributed by atoms with Gasteiger partial charge in [0, 0.05) is 19.5 Å². The lowest BCUT2D eigenvalue weighted by Crippen LogP contribution is -2.47. The topological polar surface area (TPSA) is 58.2 Å². The summed E-state index contributed by atoms with van der Waals surface area (Å²) in [5.74, 6) is -1.01. The third-order valence-corrected chi connectivity index (χ3v) is 3.83. The molecule has 0 saturated carbocycles. The molecule has 0 spiro atoms. The average molecular weight is 314 g/mol. The Balaban J connectivity index is 2.02. The summed E-state index contributed by atoms with van der Waals surface area (Å²) in [6.07, 6.45) is -4.20. The number of piperidine rings is 1. The summed E-state index contributed by atoms with van der Waals surface area (Å²) in [5.41, 5.74) is -0.726. The van der Waals surface area contributed by atoms with Gasteiger partial charge in [-0.05, 0) is 17.5 Å². The molecule has 2 rings (SSSR count). The molecular weight excluding hydrogens is 297 g/mol. The van der Waals surface area contributed by atoms with Gasteiger partial charge in [0.25, 0.3) is 0 Å². The molecule has 120 valence electrons. The maximum atomic E-state index is 12.9. The summed E-state index contributed by atoms with van der Waals surface area (Å²) >= 11 is 0. The highest BCUT2D eigenvalue weighted by Crippen LogP contribution is 2.31. The van der Waals surface area contributed by atoms with Crippen molar-refractivity contribution in [1.82, 2.24) is 10.6 Å². The summed E-state index contributed by atoms with van der Waals surface area (Å²) in [6.45, 7) is 1.81. The Labute approximate surface area is 126 Å². The van der Waals surface area contributed by atoms with Crippen LogP contribution in [0.2, 0.25) is 0 Å². The molecule has 4 nitrogen and oxygen atoms in total. The van der Waals surface area contributed by atoms with E-state index in [1.165, 1.54) is 18.2 Å². The number of hydrogen-bond acceptors (Lipinski definition) is 2. The zero-order valence-electron chi connectivity index (χ0n) is 12.0. The van der Waals surface area contributed by atoms with Gasteiger partial charge in [-0.2, -0.15) is 13.2 Å². The number of halogens is 3. The largest absolute Gasteiger partial charge is 0.416 e. The van der Waals surface area contributed by atoms with Gasteiger partial charge < -0.3 is 10.6 Å². The molecule has 1 aliphatic rings. The lowest BCUT2D eigenvalue weighted by Gasteiger charge is -2.28. The molecule has 1 saturated heterocycles. The van der Waals surface area contributed by atoms with Crippen molar-refractivity contribution < 1.29 is 22.8 Å². The minimum absolute atomic E-state index is 0.0239. The monoisotopic (exact) mass is 314 g/mol. The third kappa shape index (κ3) is 3.78. The van der Waals surface area contributed by atoms with Crippen LogP contribution in [-0.4, -0.2) is 18.4 Å². The first-order chi connectivity index (χ1) is 10.3. The maximum Gasteiger partial charge on any atom is 0.416 e. The van der Waals surface area contributed by atoms with E-state index in [2.05, 4.69) is 10.6 Å². The molecule has 2 atom stereocenters. The highest BCUT2D eigenvalue weighted by atomic mass is 19.4. The second-order valence-electron chi connectivity index (χ2n) is 5.46. The van der Waals surface area contributed by atoms with Gasteiger partial charge in [0.1, 0.15) is 0 Å². The Morgan fingerprint density at radius 3 is 2.68 bits per heavy atom. The molecule has 2 N–H and O–H groups in total. The van der Waals surface area contributed by atoms with E-state index in [1.54, 1.807) is 6.92 Å². The maximum absolute atomic E-state index is 12.9. The molecule has 0 aliphatic carbocycles. The van der Waals surface area contributed by atoms with Crippen molar-refractivity contribution in [2.45, 2.75) is 26.1 Å². The van der Waals surface area contributed by atoms with Crippen LogP contribution in [0.25, 0.3) is 0 Å². The van der Waals surface area contributed by atoms with Crippen LogP contribution in [-0.2, 0) is 22.3 Å². The van der Waals surface area contributed by atoms with E-state index in [-0.39, 0.29) is 42.8 Å². The van der Waals surface area contributed by atoms with Crippen molar-refractivity contribution in [1.29, 1.82) is 0 Å². The van der Waals surface area contributed by atoms with Gasteiger partial charge in [0.2, 0.25) is 11.8 Å². The van der Waals surface area contributed by atoms with Crippen LogP contribution in [0.15, 0.2) is 24.3 Å². The number of amides is 2. The SMILES string of the molecule is CC1CC(=O)NCC1C(=O)NCc1ccccc1C(F)(F)F. The molecule has 0 bridgehead atoms. The quantitative estimate of drug-likeness (QED) is 0.897. The van der Waals surface area contributed by atoms with E-state index in [0.717, 1.165) is 6.07 Å². The molecule has 0 radical (unpaired) electrons. The highest BCUT2D eigenvalue weighted by molar-refractivity contribution is 5.84. The molecule has 7 heteroatoms. The summed E-state index contributed by atoms with van der Waals surface area (Å²) in [5, 5.41) is 5.13. The Bertz CT molecular complexity index is 572. The fourth-order valence-corrected chi connectivity index (χ4v) is 2.55. The smallest absolute Gasteiger partial charge is 0.355 e. The Morgan fingerprint density at radius 2 is 2.05 bits per heavy atom. The van der Waals surface area contributed by atoms with Crippen LogP contribution in [0.3, 0.4) is 0 Å². The zero-order chi connectivity index (χ0) is 16.3. The minimum Gasteiger partial charge on any atom is -0.355 e. The Hall–Kier alpha value is -2.05. The minimum atomic E-state index is -4.45. The van der Waals surface area contributed by atoms with Crippen molar-refractivity contribution >= 4 is 11.8 Å². The molecule has 1 heterocycles. The van der Waals surface area contributed by atoms with Gasteiger partial charge in [-0.25, -0.2) is 0 Å². The molecule has 22 heavy (non-hydrogen) atoms. The third-order valence-electron chi connectivity index (χ3n) is 3.83. The molecule has 1 fully saturated rings. The number of alkyl halides is 3. The van der Waals surface area contributed by atoms with Gasteiger partial charge in [0.15, 0.2) is 0 Å². The number of hydrogen-bond donors (Lipinski definition) is 2. The van der Waals surface area contributed by atoms with Crippen LogP contribution in [0.4, 0.5) is 13.2 Å². The average Bonchev–Trinajstić information content (AvgIpc) is 2.44. The number of rotatable bonds is 3. The predicted octanol–water partition coefficient (Wildman–Crippen LogP) is 2.09. The van der Waals surface area contributed by atoms with Crippen LogP contribution >= 0.6 is 0 Å². The van der Waals surface area contributed by atoms with Gasteiger partial charge in [-0.3, -0.25) is 9.59 Å². The standard InChI is InChI=1S/C15H17F3N2O2/c1-9-6-13(21)19-8-11(9)14(22)20-7-10-4-2-3-5-12(10)15(16,17)18/h2-5,9,11H,6-8H2,1H3,(H,19,21)(H,20,22). The predicted molar refractivity (Wildman–Crippen MR) is 73.6 cm³/mol. The summed E-state index contributed by atoms with van der Waals surface area (Å²) in [6, 6.07) is 5.15. The molecule has 2 unspecified atom stereocenters. The van der Waals surface area contributed by atoms with Gasteiger partial charge in [-0.15, -0.1) is 0 Å². The Morgan fingerprint density at radius 1 is 1.36 bits per heavy atom. The van der Waals surface area contributed by atoms with Crippen molar-refractivity contribution in [3.05, 3.63) is 35.4 Å². The summed E-state index contributed by atoms with van der Waals surface area (Å²) in [7, 11) is 0. The number of nitrogens with one attached hydrogen (secondary N) is 2. The molecule has 1 aromatic rings. The van der Waals surface area contributed by atoms with Gasteiger partial charge in [-0.1, -0.05) is 25.1 Å². The first-order valence-corrected chi connectivity index (χ1v) is 6.98. The fraction of sp³-hybridized carbons (Fsp3) is 0.467. The molecule has 0 aromatic heterocycles. The van der Waals surface area contributed by atoms with E-state index < -0.39 is 17.7 Å². The van der Waals surface area contributed by atoms with E-state index >= 15 is 0 Å². The van der Waals surface area contributed by atoms with E-state index in [1.807, 2.05) is 0 Å². The molecular formula is C15H17F3N2O2. The number of carbonyl (C=O) groups excluding carboxylic acids is 2. The van der Waals surface area contributed by atoms with Crippen LogP contribution in [0.5, 0.6) is 0 Å². The second-order valence-corrected chi connectivity index (χ2v) is 5.46. The molecule has 1 aliphatic heterocycles. The molecule has 1 aromatic carbocycles. The fourth-order valence-electron chi connectivity index (χ4n) is 2.55. The van der Waals surface area contributed by atoms with E-state index in [4.69, 9.17) is 0 Å². The normalized spacial score (nSPS) is 22.1. The van der Waals surface area contributed by atoms with Gasteiger partial charge in [0.05, 0.1) is 11.5 Å². The van der Waals surface area contributed by atoms with Gasteiger partial charge >= 0.3 is 6.18 Å². The first kappa shape index (κ1) is 16.3. The van der Waals surface area contributed by atoms with Crippen LogP contribution in [0.1, 0.15) is 24.5 Å². The van der Waals surface area contributed by atoms with Crippen molar-refractivity contribution in [2.75, 3.05) is 6.54 Å². The molecule has 2 amide bonds. The number of benzene rings is 1. The van der Waals surface area contributed by atoms with E-state index in [9.17, 15) is 22.8 Å². The van der Waals surface area contributed by atoms with Crippen LogP contribution in [0, 0.1) is 11.8 Å². The first-order valence-electron chi connectivity index (χ1n) is 6.98. The second kappa shape index (κ2) is 6.37. The number of carbonyl (C=O) groups is 2.